The van der Waals surface area contributed by atoms with E-state index in [9.17, 15) is 22.0 Å². The molecule has 3 aromatic carbocycles. The quantitative estimate of drug-likeness (QED) is 0.554. The number of aryl methyl sites for hydroxylation is 2. The van der Waals surface area contributed by atoms with Crippen LogP contribution in [0, 0.1) is 18.6 Å². The Labute approximate surface area is 189 Å². The third-order valence-corrected chi connectivity index (χ3v) is 7.60. The Morgan fingerprint density at radius 1 is 1.09 bits per heavy atom. The minimum Gasteiger partial charge on any atom is -0.322 e. The van der Waals surface area contributed by atoms with E-state index in [-0.39, 0.29) is 22.0 Å². The van der Waals surface area contributed by atoms with Crippen molar-refractivity contribution in [3.8, 4) is 0 Å². The van der Waals surface area contributed by atoms with Crippen LogP contribution in [0.2, 0.25) is 5.02 Å². The van der Waals surface area contributed by atoms with Crippen LogP contribution in [-0.4, -0.2) is 20.9 Å². The van der Waals surface area contributed by atoms with Gasteiger partial charge in [0.2, 0.25) is 0 Å². The van der Waals surface area contributed by atoms with Gasteiger partial charge in [-0.15, -0.1) is 0 Å². The Morgan fingerprint density at radius 2 is 1.88 bits per heavy atom. The Morgan fingerprint density at radius 3 is 2.59 bits per heavy atom. The maximum Gasteiger partial charge on any atom is 0.264 e. The second-order valence-electron chi connectivity index (χ2n) is 7.48. The number of hydrogen-bond donors (Lipinski definition) is 1. The highest BCUT2D eigenvalue weighted by Gasteiger charge is 2.31. The SMILES string of the molecule is Cc1cc(F)ccc1S(=O)(=O)N1CCCc2ccc(NC(=O)c3c(F)cccc3Cl)cc21. The average molecular weight is 477 g/mol. The van der Waals surface area contributed by atoms with Crippen LogP contribution >= 0.6 is 11.6 Å². The lowest BCUT2D eigenvalue weighted by Crippen LogP contribution is -2.36. The number of rotatable bonds is 4. The minimum absolute atomic E-state index is 0.0133. The molecule has 0 aliphatic carbocycles. The van der Waals surface area contributed by atoms with Crippen molar-refractivity contribution in [2.45, 2.75) is 24.7 Å². The zero-order valence-electron chi connectivity index (χ0n) is 17.0. The van der Waals surface area contributed by atoms with Crippen molar-refractivity contribution in [3.05, 3.63) is 87.9 Å². The topological polar surface area (TPSA) is 66.5 Å². The molecule has 1 N–H and O–H groups in total. The number of hydrogen-bond acceptors (Lipinski definition) is 3. The Hall–Kier alpha value is -2.97. The maximum atomic E-state index is 14.1. The summed E-state index contributed by atoms with van der Waals surface area (Å²) < 4.78 is 55.6. The largest absolute Gasteiger partial charge is 0.322 e. The monoisotopic (exact) mass is 476 g/mol. The molecule has 0 atom stereocenters. The van der Waals surface area contributed by atoms with E-state index in [4.69, 9.17) is 11.6 Å². The highest BCUT2D eigenvalue weighted by Crippen LogP contribution is 2.35. The first-order valence-corrected chi connectivity index (χ1v) is 11.7. The highest BCUT2D eigenvalue weighted by molar-refractivity contribution is 7.92. The van der Waals surface area contributed by atoms with Crippen molar-refractivity contribution in [2.75, 3.05) is 16.2 Å². The summed E-state index contributed by atoms with van der Waals surface area (Å²) in [6.45, 7) is 1.78. The van der Waals surface area contributed by atoms with E-state index in [2.05, 4.69) is 5.32 Å². The van der Waals surface area contributed by atoms with E-state index in [1.807, 2.05) is 0 Å². The predicted octanol–water partition coefficient (Wildman–Crippen LogP) is 5.32. The molecule has 0 spiro atoms. The lowest BCUT2D eigenvalue weighted by Gasteiger charge is -2.31. The summed E-state index contributed by atoms with van der Waals surface area (Å²) in [6, 6.07) is 12.4. The molecule has 32 heavy (non-hydrogen) atoms. The molecule has 0 saturated heterocycles. The third kappa shape index (κ3) is 4.08. The van der Waals surface area contributed by atoms with Crippen molar-refractivity contribution >= 4 is 38.9 Å². The van der Waals surface area contributed by atoms with Crippen LogP contribution < -0.4 is 9.62 Å². The standard InChI is InChI=1S/C23H19ClF2N2O3S/c1-14-12-16(25)8-10-21(14)32(30,31)28-11-3-4-15-7-9-17(13-20(15)28)27-23(29)22-18(24)5-2-6-19(22)26/h2,5-10,12-13H,3-4,11H2,1H3,(H,27,29). The lowest BCUT2D eigenvalue weighted by molar-refractivity contribution is 0.102. The zero-order valence-corrected chi connectivity index (χ0v) is 18.6. The van der Waals surface area contributed by atoms with Gasteiger partial charge in [-0.05, 0) is 73.4 Å². The van der Waals surface area contributed by atoms with Gasteiger partial charge < -0.3 is 5.32 Å². The molecule has 0 unspecified atom stereocenters. The van der Waals surface area contributed by atoms with Crippen LogP contribution in [0.25, 0.3) is 0 Å². The van der Waals surface area contributed by atoms with Gasteiger partial charge in [0, 0.05) is 12.2 Å². The molecular weight excluding hydrogens is 458 g/mol. The number of fused-ring (bicyclic) bond motifs is 1. The Kier molecular flexibility index (Phi) is 5.92. The van der Waals surface area contributed by atoms with Crippen LogP contribution in [-0.2, 0) is 16.4 Å². The summed E-state index contributed by atoms with van der Waals surface area (Å²) in [5.74, 6) is -2.02. The summed E-state index contributed by atoms with van der Waals surface area (Å²) in [4.78, 5) is 12.6. The number of benzene rings is 3. The number of nitrogens with zero attached hydrogens (tertiary/aromatic N) is 1. The van der Waals surface area contributed by atoms with E-state index >= 15 is 0 Å². The molecule has 0 bridgehead atoms. The van der Waals surface area contributed by atoms with Gasteiger partial charge in [0.1, 0.15) is 11.6 Å². The minimum atomic E-state index is -3.96. The molecule has 166 valence electrons. The fourth-order valence-electron chi connectivity index (χ4n) is 3.80. The van der Waals surface area contributed by atoms with Crippen LogP contribution in [0.5, 0.6) is 0 Å². The Bertz CT molecular complexity index is 1310. The van der Waals surface area contributed by atoms with Gasteiger partial charge in [0.05, 0.1) is 21.2 Å². The van der Waals surface area contributed by atoms with E-state index < -0.39 is 27.6 Å². The van der Waals surface area contributed by atoms with Crippen LogP contribution in [0.3, 0.4) is 0 Å². The summed E-state index contributed by atoms with van der Waals surface area (Å²) in [7, 11) is -3.96. The van der Waals surface area contributed by atoms with E-state index in [0.29, 0.717) is 29.8 Å². The molecule has 0 aromatic heterocycles. The van der Waals surface area contributed by atoms with Crippen LogP contribution in [0.4, 0.5) is 20.2 Å². The van der Waals surface area contributed by atoms with Gasteiger partial charge in [-0.3, -0.25) is 9.10 Å². The molecule has 1 aliphatic rings. The van der Waals surface area contributed by atoms with Crippen molar-refractivity contribution in [3.63, 3.8) is 0 Å². The summed E-state index contributed by atoms with van der Waals surface area (Å²) >= 11 is 5.97. The molecule has 5 nitrogen and oxygen atoms in total. The Balaban J connectivity index is 1.70. The maximum absolute atomic E-state index is 14.1. The van der Waals surface area contributed by atoms with Gasteiger partial charge in [0.25, 0.3) is 15.9 Å². The van der Waals surface area contributed by atoms with E-state index in [1.54, 1.807) is 12.1 Å². The molecule has 1 aliphatic heterocycles. The van der Waals surface area contributed by atoms with Gasteiger partial charge in [-0.2, -0.15) is 0 Å². The number of halogens is 3. The van der Waals surface area contributed by atoms with Gasteiger partial charge in [-0.25, -0.2) is 17.2 Å². The first-order valence-electron chi connectivity index (χ1n) is 9.85. The molecule has 9 heteroatoms. The predicted molar refractivity (Wildman–Crippen MR) is 120 cm³/mol. The summed E-state index contributed by atoms with van der Waals surface area (Å²) in [5, 5.41) is 2.56. The summed E-state index contributed by atoms with van der Waals surface area (Å²) in [6.07, 6.45) is 1.28. The first kappa shape index (κ1) is 22.2. The lowest BCUT2D eigenvalue weighted by atomic mass is 10.0. The molecule has 1 amide bonds. The van der Waals surface area contributed by atoms with Crippen molar-refractivity contribution in [2.24, 2.45) is 0 Å². The molecule has 1 heterocycles. The number of anilines is 2. The molecular formula is C23H19ClF2N2O3S. The van der Waals surface area contributed by atoms with Crippen LogP contribution in [0.15, 0.2) is 59.5 Å². The zero-order chi connectivity index (χ0) is 23.0. The van der Waals surface area contributed by atoms with Crippen LogP contribution in [0.1, 0.15) is 27.9 Å². The molecule has 0 saturated carbocycles. The normalized spacial score (nSPS) is 13.6. The second kappa shape index (κ2) is 8.52. The smallest absolute Gasteiger partial charge is 0.264 e. The molecule has 3 aromatic rings. The number of amides is 1. The van der Waals surface area contributed by atoms with Gasteiger partial charge >= 0.3 is 0 Å². The molecule has 0 radical (unpaired) electrons. The summed E-state index contributed by atoms with van der Waals surface area (Å²) in [5.41, 5.74) is 1.51. The number of carbonyl (C=O) groups is 1. The molecule has 4 rings (SSSR count). The number of nitrogens with one attached hydrogen (secondary N) is 1. The van der Waals surface area contributed by atoms with Gasteiger partial charge in [-0.1, -0.05) is 23.7 Å². The van der Waals surface area contributed by atoms with E-state index in [0.717, 1.165) is 17.7 Å². The van der Waals surface area contributed by atoms with Crippen molar-refractivity contribution in [1.82, 2.24) is 0 Å². The number of sulfonamides is 1. The van der Waals surface area contributed by atoms with Crippen molar-refractivity contribution < 1.29 is 22.0 Å². The second-order valence-corrected chi connectivity index (χ2v) is 9.72. The fraction of sp³-hybridized carbons (Fsp3) is 0.174. The molecule has 0 fully saturated rings. The third-order valence-electron chi connectivity index (χ3n) is 5.31. The highest BCUT2D eigenvalue weighted by atomic mass is 35.5. The fourth-order valence-corrected chi connectivity index (χ4v) is 5.79. The number of carbonyl (C=O) groups excluding carboxylic acids is 1. The first-order chi connectivity index (χ1) is 15.2. The van der Waals surface area contributed by atoms with Gasteiger partial charge in [0.15, 0.2) is 0 Å². The van der Waals surface area contributed by atoms with Crippen molar-refractivity contribution in [1.29, 1.82) is 0 Å². The van der Waals surface area contributed by atoms with E-state index in [1.165, 1.54) is 41.6 Å². The average Bonchev–Trinajstić information content (AvgIpc) is 2.72.